The molecule has 0 aliphatic heterocycles. The number of carbonyl (C=O) groups is 1. The molecule has 0 spiro atoms. The molecule has 0 aromatic heterocycles. The second kappa shape index (κ2) is 4.98. The summed E-state index contributed by atoms with van der Waals surface area (Å²) < 4.78 is 27.8. The van der Waals surface area contributed by atoms with Gasteiger partial charge in [0.1, 0.15) is 0 Å². The van der Waals surface area contributed by atoms with E-state index in [-0.39, 0.29) is 14.0 Å². The zero-order chi connectivity index (χ0) is 12.5. The van der Waals surface area contributed by atoms with Crippen LogP contribution in [0.5, 0.6) is 0 Å². The third-order valence-electron chi connectivity index (χ3n) is 1.72. The predicted octanol–water partition coefficient (Wildman–Crippen LogP) is 1.49. The Kier molecular flexibility index (Phi) is 4.32. The molecule has 2 N–H and O–H groups in total. The number of rotatable bonds is 2. The van der Waals surface area contributed by atoms with Crippen molar-refractivity contribution in [2.45, 2.75) is 4.90 Å². The lowest BCUT2D eigenvalue weighted by atomic mass is 10.2. The number of ether oxygens (including phenoxy) is 1. The van der Waals surface area contributed by atoms with Gasteiger partial charge in [0.2, 0.25) is 10.0 Å². The number of hydrogen-bond donors (Lipinski definition) is 1. The highest BCUT2D eigenvalue weighted by molar-refractivity contribution is 14.1. The highest BCUT2D eigenvalue weighted by Crippen LogP contribution is 2.26. The van der Waals surface area contributed by atoms with Crippen LogP contribution < -0.4 is 5.14 Å². The maximum Gasteiger partial charge on any atom is 0.339 e. The molecule has 1 rings (SSSR count). The van der Waals surface area contributed by atoms with Crippen molar-refractivity contribution in [3.05, 3.63) is 25.7 Å². The monoisotopic (exact) mass is 419 g/mol. The van der Waals surface area contributed by atoms with Gasteiger partial charge in [-0.15, -0.1) is 0 Å². The summed E-state index contributed by atoms with van der Waals surface area (Å²) in [4.78, 5) is 11.3. The second-order valence-corrected chi connectivity index (χ2v) is 6.33. The van der Waals surface area contributed by atoms with Gasteiger partial charge in [0.15, 0.2) is 0 Å². The molecule has 88 valence electrons. The van der Waals surface area contributed by atoms with E-state index in [0.29, 0.717) is 4.47 Å². The van der Waals surface area contributed by atoms with Crippen molar-refractivity contribution < 1.29 is 17.9 Å². The molecule has 8 heteroatoms. The topological polar surface area (TPSA) is 86.5 Å². The minimum absolute atomic E-state index is 0.108. The third kappa shape index (κ3) is 2.93. The van der Waals surface area contributed by atoms with E-state index in [2.05, 4.69) is 20.7 Å². The summed E-state index contributed by atoms with van der Waals surface area (Å²) in [6.07, 6.45) is 0. The van der Waals surface area contributed by atoms with Crippen LogP contribution in [0.1, 0.15) is 10.4 Å². The van der Waals surface area contributed by atoms with E-state index >= 15 is 0 Å². The summed E-state index contributed by atoms with van der Waals surface area (Å²) in [7, 11) is -2.65. The van der Waals surface area contributed by atoms with Gasteiger partial charge in [-0.05, 0) is 34.7 Å². The molecular weight excluding hydrogens is 413 g/mol. The molecule has 16 heavy (non-hydrogen) atoms. The molecule has 0 radical (unpaired) electrons. The van der Waals surface area contributed by atoms with Crippen LogP contribution in [0.2, 0.25) is 0 Å². The summed E-state index contributed by atoms with van der Waals surface area (Å²) in [5.74, 6) is -0.615. The Labute approximate surface area is 115 Å². The van der Waals surface area contributed by atoms with Crippen LogP contribution in [-0.2, 0) is 14.8 Å². The van der Waals surface area contributed by atoms with Crippen LogP contribution in [0.3, 0.4) is 0 Å². The molecule has 0 fully saturated rings. The number of sulfonamides is 1. The number of primary sulfonamides is 1. The summed E-state index contributed by atoms with van der Waals surface area (Å²) in [6.45, 7) is 0. The molecule has 5 nitrogen and oxygen atoms in total. The Hall–Kier alpha value is -0.190. The first-order valence-corrected chi connectivity index (χ1v) is 7.29. The predicted molar refractivity (Wildman–Crippen MR) is 69.6 cm³/mol. The van der Waals surface area contributed by atoms with Gasteiger partial charge >= 0.3 is 5.97 Å². The van der Waals surface area contributed by atoms with Crippen molar-refractivity contribution in [1.82, 2.24) is 0 Å². The Morgan fingerprint density at radius 3 is 2.50 bits per heavy atom. The molecule has 0 amide bonds. The number of benzene rings is 1. The van der Waals surface area contributed by atoms with Crippen LogP contribution >= 0.6 is 38.5 Å². The van der Waals surface area contributed by atoms with E-state index in [1.807, 2.05) is 0 Å². The number of hydrogen-bond acceptors (Lipinski definition) is 4. The average Bonchev–Trinajstić information content (AvgIpc) is 2.18. The molecule has 1 aromatic carbocycles. The van der Waals surface area contributed by atoms with Crippen LogP contribution in [-0.4, -0.2) is 21.5 Å². The van der Waals surface area contributed by atoms with Crippen molar-refractivity contribution in [3.8, 4) is 0 Å². The highest BCUT2D eigenvalue weighted by Gasteiger charge is 2.20. The van der Waals surface area contributed by atoms with Crippen molar-refractivity contribution in [3.63, 3.8) is 0 Å². The molecule has 0 saturated heterocycles. The van der Waals surface area contributed by atoms with Gasteiger partial charge in [-0.25, -0.2) is 18.4 Å². The van der Waals surface area contributed by atoms with Crippen LogP contribution in [0, 0.1) is 3.57 Å². The number of halogens is 2. The molecule has 0 unspecified atom stereocenters. The van der Waals surface area contributed by atoms with Crippen molar-refractivity contribution >= 4 is 54.5 Å². The van der Waals surface area contributed by atoms with E-state index in [9.17, 15) is 13.2 Å². The lowest BCUT2D eigenvalue weighted by Crippen LogP contribution is -2.16. The van der Waals surface area contributed by atoms with E-state index < -0.39 is 16.0 Å². The normalized spacial score (nSPS) is 11.2. The maximum atomic E-state index is 11.4. The molecule has 0 bridgehead atoms. The Balaban J connectivity index is 3.56. The third-order valence-corrected chi connectivity index (χ3v) is 4.64. The molecular formula is C8H7BrINO4S. The maximum absolute atomic E-state index is 11.4. The Morgan fingerprint density at radius 1 is 1.50 bits per heavy atom. The highest BCUT2D eigenvalue weighted by atomic mass is 127. The van der Waals surface area contributed by atoms with Gasteiger partial charge in [-0.1, -0.05) is 15.9 Å². The fourth-order valence-electron chi connectivity index (χ4n) is 1.03. The first kappa shape index (κ1) is 13.9. The molecule has 0 aliphatic carbocycles. The summed E-state index contributed by atoms with van der Waals surface area (Å²) in [5.41, 5.74) is 0.154. The number of carbonyl (C=O) groups excluding carboxylic acids is 1. The smallest absolute Gasteiger partial charge is 0.339 e. The summed E-state index contributed by atoms with van der Waals surface area (Å²) in [6, 6.07) is 2.81. The van der Waals surface area contributed by atoms with Crippen molar-refractivity contribution in [1.29, 1.82) is 0 Å². The summed E-state index contributed by atoms with van der Waals surface area (Å²) >= 11 is 4.85. The first-order valence-electron chi connectivity index (χ1n) is 3.87. The average molecular weight is 420 g/mol. The molecule has 0 aliphatic rings. The fourth-order valence-corrected chi connectivity index (χ4v) is 3.74. The van der Waals surface area contributed by atoms with Gasteiger partial charge in [-0.2, -0.15) is 0 Å². The Morgan fingerprint density at radius 2 is 2.06 bits per heavy atom. The molecule has 0 saturated carbocycles. The van der Waals surface area contributed by atoms with E-state index in [0.717, 1.165) is 0 Å². The zero-order valence-corrected chi connectivity index (χ0v) is 12.6. The van der Waals surface area contributed by atoms with Crippen molar-refractivity contribution in [2.24, 2.45) is 5.14 Å². The fraction of sp³-hybridized carbons (Fsp3) is 0.125. The number of nitrogens with two attached hydrogens (primary N) is 1. The van der Waals surface area contributed by atoms with Gasteiger partial charge < -0.3 is 4.74 Å². The number of methoxy groups -OCH3 is 1. The standard InChI is InChI=1S/C8H7BrINO4S/c1-15-8(12)5-2-4(9)3-6(7(5)10)16(11,13)14/h2-3H,1H3,(H2,11,13,14). The van der Waals surface area contributed by atoms with E-state index in [1.54, 1.807) is 22.6 Å². The number of esters is 1. The van der Waals surface area contributed by atoms with Gasteiger partial charge in [0.25, 0.3) is 0 Å². The van der Waals surface area contributed by atoms with Gasteiger partial charge in [-0.3, -0.25) is 0 Å². The summed E-state index contributed by atoms with van der Waals surface area (Å²) in [5, 5.41) is 5.03. The lowest BCUT2D eigenvalue weighted by Gasteiger charge is -2.07. The zero-order valence-electron chi connectivity index (χ0n) is 8.03. The second-order valence-electron chi connectivity index (χ2n) is 2.80. The molecule has 1 aromatic rings. The van der Waals surface area contributed by atoms with Crippen LogP contribution in [0.25, 0.3) is 0 Å². The quantitative estimate of drug-likeness (QED) is 0.581. The SMILES string of the molecule is COC(=O)c1cc(Br)cc(S(N)(=O)=O)c1I. The van der Waals surface area contributed by atoms with Gasteiger partial charge in [0, 0.05) is 8.04 Å². The largest absolute Gasteiger partial charge is 0.465 e. The van der Waals surface area contributed by atoms with Crippen LogP contribution in [0.4, 0.5) is 0 Å². The Bertz CT molecular complexity index is 543. The minimum atomic E-state index is -3.87. The van der Waals surface area contributed by atoms with Gasteiger partial charge in [0.05, 0.1) is 17.6 Å². The van der Waals surface area contributed by atoms with E-state index in [4.69, 9.17) is 5.14 Å². The van der Waals surface area contributed by atoms with Crippen molar-refractivity contribution in [2.75, 3.05) is 7.11 Å². The molecule has 0 atom stereocenters. The molecule has 0 heterocycles. The lowest BCUT2D eigenvalue weighted by molar-refractivity contribution is 0.0599. The minimum Gasteiger partial charge on any atom is -0.465 e. The van der Waals surface area contributed by atoms with E-state index in [1.165, 1.54) is 19.2 Å². The van der Waals surface area contributed by atoms with Crippen LogP contribution in [0.15, 0.2) is 21.5 Å². The first-order chi connectivity index (χ1) is 7.27.